The summed E-state index contributed by atoms with van der Waals surface area (Å²) in [6, 6.07) is 7.72. The van der Waals surface area contributed by atoms with E-state index in [9.17, 15) is 4.79 Å². The van der Waals surface area contributed by atoms with E-state index >= 15 is 0 Å². The van der Waals surface area contributed by atoms with Crippen LogP contribution in [-0.4, -0.2) is 44.1 Å². The van der Waals surface area contributed by atoms with Gasteiger partial charge in [0.05, 0.1) is 12.4 Å². The third-order valence-electron chi connectivity index (χ3n) is 4.72. The lowest BCUT2D eigenvalue weighted by molar-refractivity contribution is 0.0699. The van der Waals surface area contributed by atoms with E-state index in [1.165, 1.54) is 6.20 Å². The van der Waals surface area contributed by atoms with Crippen molar-refractivity contribution in [1.29, 1.82) is 0 Å². The predicted octanol–water partition coefficient (Wildman–Crippen LogP) is 3.54. The van der Waals surface area contributed by atoms with Gasteiger partial charge in [0.2, 0.25) is 0 Å². The molecule has 7 heteroatoms. The number of nitrogens with one attached hydrogen (secondary N) is 1. The van der Waals surface area contributed by atoms with Crippen molar-refractivity contribution >= 4 is 17.5 Å². The number of halogens is 1. The zero-order chi connectivity index (χ0) is 17.9. The molecule has 1 fully saturated rings. The maximum absolute atomic E-state index is 12.7. The van der Waals surface area contributed by atoms with E-state index in [1.807, 2.05) is 35.4 Å². The summed E-state index contributed by atoms with van der Waals surface area (Å²) in [6.07, 6.45) is 8.41. The van der Waals surface area contributed by atoms with Gasteiger partial charge in [0, 0.05) is 47.7 Å². The average Bonchev–Trinajstić information content (AvgIpc) is 3.19. The van der Waals surface area contributed by atoms with E-state index in [0.717, 1.165) is 36.2 Å². The Hall–Kier alpha value is -2.73. The summed E-state index contributed by atoms with van der Waals surface area (Å²) in [5.41, 5.74) is 3.57. The number of nitrogens with zero attached hydrogens (tertiary/aromatic N) is 4. The van der Waals surface area contributed by atoms with Crippen LogP contribution in [0.1, 0.15) is 34.9 Å². The zero-order valence-corrected chi connectivity index (χ0v) is 14.9. The van der Waals surface area contributed by atoms with Crippen LogP contribution in [-0.2, 0) is 0 Å². The molecule has 1 amide bonds. The van der Waals surface area contributed by atoms with Crippen LogP contribution in [0.5, 0.6) is 0 Å². The third-order valence-corrected chi connectivity index (χ3v) is 4.98. The molecule has 0 unspecified atom stereocenters. The van der Waals surface area contributed by atoms with Gasteiger partial charge in [-0.3, -0.25) is 14.9 Å². The highest BCUT2D eigenvalue weighted by Crippen LogP contribution is 2.33. The number of rotatable bonds is 3. The maximum Gasteiger partial charge on any atom is 0.274 e. The SMILES string of the molecule is O=C(c1cnccn1)N1CCC[C@@H](c2[nH]ncc2-c2ccc(Cl)cc2)C1. The molecule has 132 valence electrons. The van der Waals surface area contributed by atoms with Crippen molar-refractivity contribution in [3.63, 3.8) is 0 Å². The van der Waals surface area contributed by atoms with Gasteiger partial charge in [-0.25, -0.2) is 4.98 Å². The molecule has 1 atom stereocenters. The highest BCUT2D eigenvalue weighted by molar-refractivity contribution is 6.30. The van der Waals surface area contributed by atoms with E-state index in [-0.39, 0.29) is 11.8 Å². The normalized spacial score (nSPS) is 17.3. The molecule has 1 aromatic carbocycles. The van der Waals surface area contributed by atoms with Crippen molar-refractivity contribution in [2.24, 2.45) is 0 Å². The fourth-order valence-corrected chi connectivity index (χ4v) is 3.56. The average molecular weight is 368 g/mol. The smallest absolute Gasteiger partial charge is 0.274 e. The Morgan fingerprint density at radius 2 is 2.04 bits per heavy atom. The highest BCUT2D eigenvalue weighted by atomic mass is 35.5. The van der Waals surface area contributed by atoms with Crippen LogP contribution >= 0.6 is 11.6 Å². The van der Waals surface area contributed by atoms with Gasteiger partial charge >= 0.3 is 0 Å². The van der Waals surface area contributed by atoms with Gasteiger partial charge in [-0.1, -0.05) is 23.7 Å². The van der Waals surface area contributed by atoms with E-state index < -0.39 is 0 Å². The Balaban J connectivity index is 1.57. The first-order chi connectivity index (χ1) is 12.7. The van der Waals surface area contributed by atoms with Crippen LogP contribution in [0, 0.1) is 0 Å². The lowest BCUT2D eigenvalue weighted by Crippen LogP contribution is -2.39. The predicted molar refractivity (Wildman–Crippen MR) is 98.9 cm³/mol. The van der Waals surface area contributed by atoms with Gasteiger partial charge in [0.25, 0.3) is 5.91 Å². The molecule has 1 N–H and O–H groups in total. The summed E-state index contributed by atoms with van der Waals surface area (Å²) in [5.74, 6) is 0.132. The van der Waals surface area contributed by atoms with Crippen molar-refractivity contribution in [3.8, 4) is 11.1 Å². The van der Waals surface area contributed by atoms with Crippen LogP contribution in [0.4, 0.5) is 0 Å². The number of aromatic amines is 1. The Morgan fingerprint density at radius 1 is 1.19 bits per heavy atom. The molecule has 3 aromatic rings. The molecule has 3 heterocycles. The standard InChI is InChI=1S/C19H18ClN5O/c20-15-5-3-13(4-6-15)16-10-23-24-18(16)14-2-1-9-25(12-14)19(26)17-11-21-7-8-22-17/h3-8,10-11,14H,1-2,9,12H2,(H,23,24)/t14-/m1/s1. The van der Waals surface area contributed by atoms with E-state index in [2.05, 4.69) is 20.2 Å². The second kappa shape index (κ2) is 7.25. The molecular weight excluding hydrogens is 350 g/mol. The molecule has 1 saturated heterocycles. The van der Waals surface area contributed by atoms with Crippen LogP contribution in [0.25, 0.3) is 11.1 Å². The van der Waals surface area contributed by atoms with Crippen molar-refractivity contribution in [1.82, 2.24) is 25.1 Å². The number of aromatic nitrogens is 4. The highest BCUT2D eigenvalue weighted by Gasteiger charge is 2.28. The van der Waals surface area contributed by atoms with Crippen LogP contribution < -0.4 is 0 Å². The second-order valence-electron chi connectivity index (χ2n) is 6.39. The summed E-state index contributed by atoms with van der Waals surface area (Å²) >= 11 is 6.00. The topological polar surface area (TPSA) is 74.8 Å². The number of carbonyl (C=O) groups excluding carboxylic acids is 1. The first kappa shape index (κ1) is 16.7. The molecular formula is C19H18ClN5O. The number of hydrogen-bond acceptors (Lipinski definition) is 4. The molecule has 0 aliphatic carbocycles. The minimum Gasteiger partial charge on any atom is -0.337 e. The third kappa shape index (κ3) is 3.32. The number of amides is 1. The van der Waals surface area contributed by atoms with Crippen molar-refractivity contribution < 1.29 is 4.79 Å². The minimum absolute atomic E-state index is 0.0737. The molecule has 0 radical (unpaired) electrons. The van der Waals surface area contributed by atoms with Gasteiger partial charge in [-0.15, -0.1) is 0 Å². The first-order valence-electron chi connectivity index (χ1n) is 8.57. The summed E-state index contributed by atoms with van der Waals surface area (Å²) < 4.78 is 0. The molecule has 26 heavy (non-hydrogen) atoms. The molecule has 1 aliphatic heterocycles. The largest absolute Gasteiger partial charge is 0.337 e. The number of piperidine rings is 1. The molecule has 6 nitrogen and oxygen atoms in total. The van der Waals surface area contributed by atoms with Crippen LogP contribution in [0.3, 0.4) is 0 Å². The maximum atomic E-state index is 12.7. The zero-order valence-electron chi connectivity index (χ0n) is 14.1. The van der Waals surface area contributed by atoms with Crippen LogP contribution in [0.2, 0.25) is 5.02 Å². The Kier molecular flexibility index (Phi) is 4.67. The first-order valence-corrected chi connectivity index (χ1v) is 8.94. The van der Waals surface area contributed by atoms with Crippen molar-refractivity contribution in [2.45, 2.75) is 18.8 Å². The lowest BCUT2D eigenvalue weighted by atomic mass is 9.90. The van der Waals surface area contributed by atoms with E-state index in [0.29, 0.717) is 17.3 Å². The van der Waals surface area contributed by atoms with Gasteiger partial charge in [0.1, 0.15) is 5.69 Å². The number of likely N-dealkylation sites (tertiary alicyclic amines) is 1. The fourth-order valence-electron chi connectivity index (χ4n) is 3.44. The van der Waals surface area contributed by atoms with Crippen molar-refractivity contribution in [3.05, 3.63) is 65.5 Å². The molecule has 0 bridgehead atoms. The fraction of sp³-hybridized carbons (Fsp3) is 0.263. The van der Waals surface area contributed by atoms with Crippen LogP contribution in [0.15, 0.2) is 49.1 Å². The van der Waals surface area contributed by atoms with E-state index in [4.69, 9.17) is 11.6 Å². The minimum atomic E-state index is -0.0737. The van der Waals surface area contributed by atoms with Gasteiger partial charge in [-0.05, 0) is 30.5 Å². The van der Waals surface area contributed by atoms with E-state index in [1.54, 1.807) is 12.4 Å². The molecule has 2 aromatic heterocycles. The molecule has 4 rings (SSSR count). The monoisotopic (exact) mass is 367 g/mol. The van der Waals surface area contributed by atoms with Gasteiger partial charge < -0.3 is 4.90 Å². The summed E-state index contributed by atoms with van der Waals surface area (Å²) in [7, 11) is 0. The number of carbonyl (C=O) groups is 1. The number of H-pyrrole nitrogens is 1. The summed E-state index contributed by atoms with van der Waals surface area (Å²) in [5, 5.41) is 8.09. The molecule has 1 aliphatic rings. The Morgan fingerprint density at radius 3 is 2.81 bits per heavy atom. The number of benzene rings is 1. The van der Waals surface area contributed by atoms with Gasteiger partial charge in [0.15, 0.2) is 0 Å². The summed E-state index contributed by atoms with van der Waals surface area (Å²) in [4.78, 5) is 22.7. The summed E-state index contributed by atoms with van der Waals surface area (Å²) in [6.45, 7) is 1.37. The lowest BCUT2D eigenvalue weighted by Gasteiger charge is -2.32. The Bertz CT molecular complexity index is 894. The molecule has 0 spiro atoms. The molecule has 0 saturated carbocycles. The Labute approximate surface area is 156 Å². The van der Waals surface area contributed by atoms with Crippen molar-refractivity contribution in [2.75, 3.05) is 13.1 Å². The van der Waals surface area contributed by atoms with Gasteiger partial charge in [-0.2, -0.15) is 5.10 Å². The second-order valence-corrected chi connectivity index (χ2v) is 6.82. The quantitative estimate of drug-likeness (QED) is 0.768. The number of hydrogen-bond donors (Lipinski definition) is 1.